The Hall–Kier alpha value is -1.86. The summed E-state index contributed by atoms with van der Waals surface area (Å²) in [6, 6.07) is -0.815. The maximum absolute atomic E-state index is 13.0. The van der Waals surface area contributed by atoms with Crippen molar-refractivity contribution >= 4 is 11.9 Å². The number of hydrogen-bond acceptors (Lipinski definition) is 10. The minimum atomic E-state index is -1.57. The third-order valence-electron chi connectivity index (χ3n) is 13.8. The lowest BCUT2D eigenvalue weighted by Gasteiger charge is -2.40. The van der Waals surface area contributed by atoms with Gasteiger partial charge in [-0.15, -0.1) is 0 Å². The Morgan fingerprint density at radius 1 is 0.522 bits per heavy atom. The molecule has 0 spiro atoms. The normalized spacial score (nSPS) is 19.4. The molecule has 0 bridgehead atoms. The molecular formula is C58H109NO10. The van der Waals surface area contributed by atoms with Gasteiger partial charge in [0.15, 0.2) is 6.29 Å². The van der Waals surface area contributed by atoms with Gasteiger partial charge in [0.25, 0.3) is 0 Å². The molecule has 1 rings (SSSR count). The van der Waals surface area contributed by atoms with Gasteiger partial charge in [0.05, 0.1) is 32.0 Å². The highest BCUT2D eigenvalue weighted by Crippen LogP contribution is 2.23. The Kier molecular flexibility index (Phi) is 45.7. The maximum Gasteiger partial charge on any atom is 0.305 e. The van der Waals surface area contributed by atoms with Crippen LogP contribution in [0.1, 0.15) is 271 Å². The Labute approximate surface area is 422 Å². The van der Waals surface area contributed by atoms with Gasteiger partial charge in [-0.3, -0.25) is 9.59 Å². The van der Waals surface area contributed by atoms with Gasteiger partial charge in [0.1, 0.15) is 24.4 Å². The molecule has 1 saturated heterocycles. The summed E-state index contributed by atoms with van der Waals surface area (Å²) in [5.41, 5.74) is 0. The molecule has 0 aliphatic carbocycles. The molecule has 11 nitrogen and oxygen atoms in total. The molecule has 0 aromatic rings. The van der Waals surface area contributed by atoms with Crippen molar-refractivity contribution < 1.29 is 49.3 Å². The number of nitrogens with one attached hydrogen (secondary N) is 1. The highest BCUT2D eigenvalue weighted by Gasteiger charge is 2.44. The summed E-state index contributed by atoms with van der Waals surface area (Å²) in [7, 11) is 0. The molecule has 0 aromatic heterocycles. The average molecular weight is 981 g/mol. The first kappa shape index (κ1) is 65.2. The number of esters is 1. The number of aliphatic hydroxyl groups excluding tert-OH is 5. The molecule has 406 valence electrons. The van der Waals surface area contributed by atoms with E-state index in [-0.39, 0.29) is 18.5 Å². The summed E-state index contributed by atoms with van der Waals surface area (Å²) in [4.78, 5) is 25.1. The van der Waals surface area contributed by atoms with Gasteiger partial charge in [-0.05, 0) is 57.8 Å². The van der Waals surface area contributed by atoms with E-state index in [1.807, 2.05) is 6.08 Å². The largest absolute Gasteiger partial charge is 0.466 e. The van der Waals surface area contributed by atoms with E-state index in [0.717, 1.165) is 70.6 Å². The van der Waals surface area contributed by atoms with Gasteiger partial charge in [0, 0.05) is 12.8 Å². The molecule has 11 heteroatoms. The number of rotatable bonds is 50. The number of hydrogen-bond donors (Lipinski definition) is 6. The lowest BCUT2D eigenvalue weighted by molar-refractivity contribution is -0.302. The topological polar surface area (TPSA) is 175 Å². The van der Waals surface area contributed by atoms with Crippen LogP contribution in [0.4, 0.5) is 0 Å². The lowest BCUT2D eigenvalue weighted by Crippen LogP contribution is -2.60. The molecule has 1 heterocycles. The van der Waals surface area contributed by atoms with Crippen molar-refractivity contribution in [3.05, 3.63) is 24.3 Å². The first-order valence-electron chi connectivity index (χ1n) is 29.1. The van der Waals surface area contributed by atoms with Crippen LogP contribution in [0.3, 0.4) is 0 Å². The second-order valence-corrected chi connectivity index (χ2v) is 20.3. The monoisotopic (exact) mass is 980 g/mol. The van der Waals surface area contributed by atoms with E-state index in [4.69, 9.17) is 14.2 Å². The first-order chi connectivity index (χ1) is 33.7. The highest BCUT2D eigenvalue weighted by molar-refractivity contribution is 5.76. The Morgan fingerprint density at radius 3 is 1.39 bits per heavy atom. The molecule has 0 aromatic carbocycles. The number of unbranched alkanes of at least 4 members (excludes halogenated alkanes) is 34. The molecule has 6 N–H and O–H groups in total. The SMILES string of the molecule is CCCCCCCC/C=C\CCCCCCCCCC(=O)OCCCCCCCCCCCCCCCCCC(=O)NC(COC1OC(CO)C(O)C(O)C1O)C(O)/C=C/CCCCCCCCC. The van der Waals surface area contributed by atoms with E-state index in [2.05, 4.69) is 31.3 Å². The van der Waals surface area contributed by atoms with Gasteiger partial charge < -0.3 is 45.1 Å². The molecule has 1 aliphatic rings. The highest BCUT2D eigenvalue weighted by atomic mass is 16.7. The van der Waals surface area contributed by atoms with Gasteiger partial charge >= 0.3 is 5.97 Å². The fraction of sp³-hybridized carbons (Fsp3) is 0.897. The predicted molar refractivity (Wildman–Crippen MR) is 283 cm³/mol. The molecular weight excluding hydrogens is 871 g/mol. The minimum absolute atomic E-state index is 0.0220. The third-order valence-corrected chi connectivity index (χ3v) is 13.8. The summed E-state index contributed by atoms with van der Waals surface area (Å²) < 4.78 is 16.7. The van der Waals surface area contributed by atoms with Crippen LogP contribution < -0.4 is 5.32 Å². The number of allylic oxidation sites excluding steroid dienone is 3. The predicted octanol–water partition coefficient (Wildman–Crippen LogP) is 12.9. The second kappa shape index (κ2) is 48.4. The fourth-order valence-electron chi connectivity index (χ4n) is 9.13. The van der Waals surface area contributed by atoms with Crippen molar-refractivity contribution in [2.24, 2.45) is 0 Å². The molecule has 1 fully saturated rings. The third kappa shape index (κ3) is 38.4. The summed E-state index contributed by atoms with van der Waals surface area (Å²) in [6.07, 6.45) is 47.0. The Bertz CT molecular complexity index is 1200. The zero-order valence-electron chi connectivity index (χ0n) is 44.5. The molecule has 7 unspecified atom stereocenters. The van der Waals surface area contributed by atoms with E-state index in [9.17, 15) is 35.1 Å². The summed E-state index contributed by atoms with van der Waals surface area (Å²) in [5.74, 6) is -0.214. The fourth-order valence-corrected chi connectivity index (χ4v) is 9.13. The van der Waals surface area contributed by atoms with Crippen molar-refractivity contribution in [2.75, 3.05) is 19.8 Å². The first-order valence-corrected chi connectivity index (χ1v) is 29.1. The van der Waals surface area contributed by atoms with Crippen LogP contribution in [0.2, 0.25) is 0 Å². The molecule has 1 aliphatic heterocycles. The average Bonchev–Trinajstić information content (AvgIpc) is 3.34. The number of carbonyl (C=O) groups excluding carboxylic acids is 2. The Balaban J connectivity index is 2.04. The van der Waals surface area contributed by atoms with Crippen molar-refractivity contribution in [2.45, 2.75) is 314 Å². The van der Waals surface area contributed by atoms with E-state index in [0.29, 0.717) is 19.4 Å². The lowest BCUT2D eigenvalue weighted by atomic mass is 9.99. The van der Waals surface area contributed by atoms with Crippen molar-refractivity contribution in [3.63, 3.8) is 0 Å². The van der Waals surface area contributed by atoms with Crippen LogP contribution in [0, 0.1) is 0 Å². The van der Waals surface area contributed by atoms with E-state index in [1.165, 1.54) is 173 Å². The molecule has 7 atom stereocenters. The second-order valence-electron chi connectivity index (χ2n) is 20.3. The summed E-state index contributed by atoms with van der Waals surface area (Å²) in [6.45, 7) is 4.28. The van der Waals surface area contributed by atoms with Gasteiger partial charge in [-0.1, -0.05) is 224 Å². The molecule has 0 radical (unpaired) electrons. The van der Waals surface area contributed by atoms with Gasteiger partial charge in [0.2, 0.25) is 5.91 Å². The summed E-state index contributed by atoms with van der Waals surface area (Å²) in [5, 5.41) is 54.2. The number of carbonyl (C=O) groups is 2. The van der Waals surface area contributed by atoms with Crippen LogP contribution in [0.25, 0.3) is 0 Å². The van der Waals surface area contributed by atoms with Crippen molar-refractivity contribution in [1.29, 1.82) is 0 Å². The maximum atomic E-state index is 13.0. The smallest absolute Gasteiger partial charge is 0.305 e. The minimum Gasteiger partial charge on any atom is -0.466 e. The zero-order chi connectivity index (χ0) is 50.3. The van der Waals surface area contributed by atoms with E-state index in [1.54, 1.807) is 6.08 Å². The van der Waals surface area contributed by atoms with Crippen LogP contribution >= 0.6 is 0 Å². The number of aliphatic hydroxyl groups is 5. The van der Waals surface area contributed by atoms with E-state index < -0.39 is 49.5 Å². The van der Waals surface area contributed by atoms with Crippen molar-refractivity contribution in [1.82, 2.24) is 5.32 Å². The number of ether oxygens (including phenoxy) is 3. The zero-order valence-corrected chi connectivity index (χ0v) is 44.5. The van der Waals surface area contributed by atoms with Crippen LogP contribution in [-0.2, 0) is 23.8 Å². The molecule has 0 saturated carbocycles. The molecule has 69 heavy (non-hydrogen) atoms. The van der Waals surface area contributed by atoms with Crippen LogP contribution in [0.15, 0.2) is 24.3 Å². The Morgan fingerprint density at radius 2 is 0.928 bits per heavy atom. The quantitative estimate of drug-likeness (QED) is 0.0196. The standard InChI is InChI=1S/C58H109NO10/c1-3-5-7-9-11-13-14-15-16-17-20-23-26-30-34-38-42-46-54(63)67-47-43-39-35-31-27-24-21-18-19-22-25-29-33-37-41-45-53(62)59-50(51(61)44-40-36-32-28-12-10-8-6-4-2)49-68-58-57(66)56(65)55(64)52(48-60)69-58/h15-16,40,44,50-52,55-58,60-61,64-66H,3-14,17-39,41-43,45-49H2,1-2H3,(H,59,62)/b16-15-,44-40+. The van der Waals surface area contributed by atoms with Gasteiger partial charge in [-0.2, -0.15) is 0 Å². The van der Waals surface area contributed by atoms with E-state index >= 15 is 0 Å². The number of amides is 1. The van der Waals surface area contributed by atoms with Crippen LogP contribution in [-0.4, -0.2) is 100 Å². The van der Waals surface area contributed by atoms with Crippen molar-refractivity contribution in [3.8, 4) is 0 Å². The molecule has 1 amide bonds. The van der Waals surface area contributed by atoms with Gasteiger partial charge in [-0.25, -0.2) is 0 Å². The summed E-state index contributed by atoms with van der Waals surface area (Å²) >= 11 is 0. The van der Waals surface area contributed by atoms with Crippen LogP contribution in [0.5, 0.6) is 0 Å².